The fourth-order valence-electron chi connectivity index (χ4n) is 1.96. The Bertz CT molecular complexity index is 658. The number of benzene rings is 2. The number of carbonyl (C=O) groups is 1. The summed E-state index contributed by atoms with van der Waals surface area (Å²) in [5.74, 6) is -0.453. The highest BCUT2D eigenvalue weighted by molar-refractivity contribution is 5.90. The third-order valence-corrected chi connectivity index (χ3v) is 2.99. The maximum Gasteiger partial charge on any atom is 0.416 e. The Balaban J connectivity index is 2.26. The van der Waals surface area contributed by atoms with Gasteiger partial charge in [-0.15, -0.1) is 0 Å². The van der Waals surface area contributed by atoms with E-state index in [0.29, 0.717) is 16.7 Å². The lowest BCUT2D eigenvalue weighted by atomic mass is 10.0. The van der Waals surface area contributed by atoms with Crippen LogP contribution in [0.2, 0.25) is 0 Å². The molecule has 0 amide bonds. The molecular weight excluding hydrogens is 293 g/mol. The van der Waals surface area contributed by atoms with Crippen molar-refractivity contribution in [3.8, 4) is 11.1 Å². The fraction of sp³-hybridized carbons (Fsp3) is 0.235. The van der Waals surface area contributed by atoms with Gasteiger partial charge in [0.05, 0.1) is 17.2 Å². The minimum atomic E-state index is -4.38. The molecule has 0 aromatic heterocycles. The van der Waals surface area contributed by atoms with Crippen molar-refractivity contribution in [2.24, 2.45) is 0 Å². The van der Waals surface area contributed by atoms with Crippen LogP contribution in [0, 0.1) is 0 Å². The van der Waals surface area contributed by atoms with Crippen LogP contribution in [0.15, 0.2) is 48.5 Å². The summed E-state index contributed by atoms with van der Waals surface area (Å²) >= 11 is 0. The summed E-state index contributed by atoms with van der Waals surface area (Å²) in [7, 11) is 0. The van der Waals surface area contributed by atoms with Gasteiger partial charge in [0, 0.05) is 0 Å². The van der Waals surface area contributed by atoms with E-state index in [2.05, 4.69) is 0 Å². The first-order chi connectivity index (χ1) is 10.3. The van der Waals surface area contributed by atoms with E-state index < -0.39 is 17.7 Å². The van der Waals surface area contributed by atoms with E-state index in [9.17, 15) is 18.0 Å². The number of halogens is 3. The number of rotatable bonds is 3. The summed E-state index contributed by atoms with van der Waals surface area (Å²) in [6, 6.07) is 11.4. The minimum Gasteiger partial charge on any atom is -0.459 e. The molecule has 116 valence electrons. The van der Waals surface area contributed by atoms with E-state index in [1.807, 2.05) is 0 Å². The van der Waals surface area contributed by atoms with Crippen LogP contribution in [0.4, 0.5) is 13.2 Å². The summed E-state index contributed by atoms with van der Waals surface area (Å²) in [5, 5.41) is 0. The second-order valence-electron chi connectivity index (χ2n) is 5.11. The molecule has 0 heterocycles. The lowest BCUT2D eigenvalue weighted by molar-refractivity contribution is -0.137. The smallest absolute Gasteiger partial charge is 0.416 e. The van der Waals surface area contributed by atoms with Crippen LogP contribution < -0.4 is 0 Å². The fourth-order valence-corrected chi connectivity index (χ4v) is 1.96. The third-order valence-electron chi connectivity index (χ3n) is 2.99. The Labute approximate surface area is 126 Å². The second kappa shape index (κ2) is 6.22. The van der Waals surface area contributed by atoms with Gasteiger partial charge in [0.2, 0.25) is 0 Å². The Morgan fingerprint density at radius 2 is 1.64 bits per heavy atom. The molecule has 5 heteroatoms. The van der Waals surface area contributed by atoms with Crippen molar-refractivity contribution in [1.82, 2.24) is 0 Å². The summed E-state index contributed by atoms with van der Waals surface area (Å²) < 4.78 is 43.2. The van der Waals surface area contributed by atoms with Gasteiger partial charge in [0.15, 0.2) is 0 Å². The number of carbonyl (C=O) groups excluding carboxylic acids is 1. The van der Waals surface area contributed by atoms with Crippen molar-refractivity contribution in [2.75, 3.05) is 0 Å². The van der Waals surface area contributed by atoms with Crippen LogP contribution in [0.5, 0.6) is 0 Å². The average molecular weight is 308 g/mol. The van der Waals surface area contributed by atoms with Crippen molar-refractivity contribution in [2.45, 2.75) is 26.1 Å². The molecular formula is C17H15F3O2. The lowest BCUT2D eigenvalue weighted by Crippen LogP contribution is -2.11. The molecule has 0 N–H and O–H groups in total. The summed E-state index contributed by atoms with van der Waals surface area (Å²) in [6.07, 6.45) is -4.60. The highest BCUT2D eigenvalue weighted by Gasteiger charge is 2.30. The van der Waals surface area contributed by atoms with Crippen molar-refractivity contribution < 1.29 is 22.7 Å². The number of alkyl halides is 3. The van der Waals surface area contributed by atoms with Gasteiger partial charge in [-0.2, -0.15) is 13.2 Å². The number of ether oxygens (including phenoxy) is 1. The van der Waals surface area contributed by atoms with Crippen molar-refractivity contribution in [1.29, 1.82) is 0 Å². The van der Waals surface area contributed by atoms with Gasteiger partial charge in [-0.25, -0.2) is 4.79 Å². The second-order valence-corrected chi connectivity index (χ2v) is 5.11. The zero-order chi connectivity index (χ0) is 16.3. The molecule has 0 fully saturated rings. The van der Waals surface area contributed by atoms with Gasteiger partial charge >= 0.3 is 12.1 Å². The maximum atomic E-state index is 12.7. The van der Waals surface area contributed by atoms with E-state index in [1.54, 1.807) is 44.2 Å². The molecule has 0 aliphatic heterocycles. The third kappa shape index (κ3) is 3.87. The Kier molecular flexibility index (Phi) is 4.54. The molecule has 22 heavy (non-hydrogen) atoms. The predicted octanol–water partition coefficient (Wildman–Crippen LogP) is 4.94. The van der Waals surface area contributed by atoms with Gasteiger partial charge in [0.25, 0.3) is 0 Å². The molecule has 0 bridgehead atoms. The zero-order valence-electron chi connectivity index (χ0n) is 12.1. The van der Waals surface area contributed by atoms with E-state index >= 15 is 0 Å². The molecule has 2 nitrogen and oxygen atoms in total. The molecule has 0 unspecified atom stereocenters. The van der Waals surface area contributed by atoms with Gasteiger partial charge in [-0.05, 0) is 49.2 Å². The summed E-state index contributed by atoms with van der Waals surface area (Å²) in [4.78, 5) is 11.7. The van der Waals surface area contributed by atoms with Crippen molar-refractivity contribution >= 4 is 5.97 Å². The molecule has 0 spiro atoms. The predicted molar refractivity (Wildman–Crippen MR) is 77.4 cm³/mol. The quantitative estimate of drug-likeness (QED) is 0.751. The Morgan fingerprint density at radius 3 is 2.18 bits per heavy atom. The van der Waals surface area contributed by atoms with Gasteiger partial charge in [-0.3, -0.25) is 0 Å². The summed E-state index contributed by atoms with van der Waals surface area (Å²) in [6.45, 7) is 3.49. The average Bonchev–Trinajstić information content (AvgIpc) is 2.46. The number of hydrogen-bond acceptors (Lipinski definition) is 2. The lowest BCUT2D eigenvalue weighted by Gasteiger charge is -2.10. The molecule has 2 aromatic rings. The molecule has 0 aliphatic rings. The Hall–Kier alpha value is -2.30. The number of hydrogen-bond donors (Lipinski definition) is 0. The van der Waals surface area contributed by atoms with Crippen molar-refractivity contribution in [3.05, 3.63) is 59.7 Å². The van der Waals surface area contributed by atoms with Crippen LogP contribution in [0.3, 0.4) is 0 Å². The molecule has 0 saturated heterocycles. The van der Waals surface area contributed by atoms with Gasteiger partial charge in [0.1, 0.15) is 0 Å². The topological polar surface area (TPSA) is 26.3 Å². The molecule has 0 atom stereocenters. The van der Waals surface area contributed by atoms with Crippen LogP contribution >= 0.6 is 0 Å². The zero-order valence-corrected chi connectivity index (χ0v) is 12.1. The van der Waals surface area contributed by atoms with Crippen LogP contribution in [0.25, 0.3) is 11.1 Å². The molecule has 0 aliphatic carbocycles. The van der Waals surface area contributed by atoms with Gasteiger partial charge in [-0.1, -0.05) is 24.3 Å². The first-order valence-electron chi connectivity index (χ1n) is 6.76. The SMILES string of the molecule is CC(C)OC(=O)c1ccc(-c2cccc(C(F)(F)F)c2)cc1. The van der Waals surface area contributed by atoms with Crippen LogP contribution in [0.1, 0.15) is 29.8 Å². The van der Waals surface area contributed by atoms with E-state index in [-0.39, 0.29) is 6.10 Å². The largest absolute Gasteiger partial charge is 0.459 e. The maximum absolute atomic E-state index is 12.7. The molecule has 0 saturated carbocycles. The Morgan fingerprint density at radius 1 is 1.00 bits per heavy atom. The van der Waals surface area contributed by atoms with E-state index in [4.69, 9.17) is 4.74 Å². The van der Waals surface area contributed by atoms with Gasteiger partial charge < -0.3 is 4.74 Å². The highest BCUT2D eigenvalue weighted by Crippen LogP contribution is 2.32. The van der Waals surface area contributed by atoms with Crippen LogP contribution in [-0.4, -0.2) is 12.1 Å². The van der Waals surface area contributed by atoms with Crippen molar-refractivity contribution in [3.63, 3.8) is 0 Å². The summed E-state index contributed by atoms with van der Waals surface area (Å²) in [5.41, 5.74) is 0.712. The monoisotopic (exact) mass is 308 g/mol. The van der Waals surface area contributed by atoms with Crippen LogP contribution in [-0.2, 0) is 10.9 Å². The number of esters is 1. The van der Waals surface area contributed by atoms with E-state index in [0.717, 1.165) is 12.1 Å². The molecule has 2 aromatic carbocycles. The normalized spacial score (nSPS) is 11.5. The highest BCUT2D eigenvalue weighted by atomic mass is 19.4. The van der Waals surface area contributed by atoms with E-state index in [1.165, 1.54) is 6.07 Å². The standard InChI is InChI=1S/C17H15F3O2/c1-11(2)22-16(21)13-8-6-12(7-9-13)14-4-3-5-15(10-14)17(18,19)20/h3-11H,1-2H3. The first-order valence-corrected chi connectivity index (χ1v) is 6.76. The first kappa shape index (κ1) is 16.1. The molecule has 0 radical (unpaired) electrons. The minimum absolute atomic E-state index is 0.226. The molecule has 2 rings (SSSR count).